The van der Waals surface area contributed by atoms with Gasteiger partial charge in [0.25, 0.3) is 0 Å². The molecule has 0 aliphatic heterocycles. The van der Waals surface area contributed by atoms with Gasteiger partial charge in [-0.3, -0.25) is 0 Å². The highest BCUT2D eigenvalue weighted by molar-refractivity contribution is 7.11. The molecule has 1 aliphatic rings. The Morgan fingerprint density at radius 2 is 2.26 bits per heavy atom. The number of aromatic nitrogens is 3. The van der Waals surface area contributed by atoms with E-state index in [0.717, 1.165) is 29.1 Å². The molecular weight excluding hydrogens is 310 g/mol. The van der Waals surface area contributed by atoms with Crippen LogP contribution in [0.25, 0.3) is 0 Å². The Bertz CT molecular complexity index is 664. The summed E-state index contributed by atoms with van der Waals surface area (Å²) in [6.07, 6.45) is 10.6. The predicted molar refractivity (Wildman–Crippen MR) is 90.4 cm³/mol. The van der Waals surface area contributed by atoms with Crippen LogP contribution in [-0.2, 0) is 5.54 Å². The summed E-state index contributed by atoms with van der Waals surface area (Å²) in [6, 6.07) is 0.284. The lowest BCUT2D eigenvalue weighted by molar-refractivity contribution is 0.222. The molecule has 0 radical (unpaired) electrons. The summed E-state index contributed by atoms with van der Waals surface area (Å²) >= 11 is 1.61. The van der Waals surface area contributed by atoms with Crippen LogP contribution in [0.5, 0.6) is 0 Å². The molecule has 0 spiro atoms. The van der Waals surface area contributed by atoms with Gasteiger partial charge in [0.1, 0.15) is 5.01 Å². The van der Waals surface area contributed by atoms with Crippen molar-refractivity contribution in [2.75, 3.05) is 0 Å². The quantitative estimate of drug-likeness (QED) is 0.903. The summed E-state index contributed by atoms with van der Waals surface area (Å²) < 4.78 is 2.09. The Balaban J connectivity index is 1.62. The Kier molecular flexibility index (Phi) is 4.39. The second-order valence-corrected chi connectivity index (χ2v) is 7.85. The fraction of sp³-hybridized carbons (Fsp3) is 0.562. The van der Waals surface area contributed by atoms with Gasteiger partial charge in [-0.15, -0.1) is 11.3 Å². The van der Waals surface area contributed by atoms with Crippen molar-refractivity contribution in [1.29, 1.82) is 0 Å². The van der Waals surface area contributed by atoms with Crippen LogP contribution in [0.1, 0.15) is 49.0 Å². The predicted octanol–water partition coefficient (Wildman–Crippen LogP) is 2.98. The third-order valence-electron chi connectivity index (χ3n) is 4.29. The van der Waals surface area contributed by atoms with Gasteiger partial charge in [-0.1, -0.05) is 0 Å². The van der Waals surface area contributed by atoms with Crippen LogP contribution in [0.3, 0.4) is 0 Å². The highest BCUT2D eigenvalue weighted by atomic mass is 32.1. The van der Waals surface area contributed by atoms with Crippen LogP contribution in [0, 0.1) is 6.92 Å². The van der Waals surface area contributed by atoms with Gasteiger partial charge < -0.3 is 15.2 Å². The topological polar surface area (TPSA) is 71.8 Å². The first-order valence-electron chi connectivity index (χ1n) is 7.95. The molecule has 1 fully saturated rings. The van der Waals surface area contributed by atoms with Crippen LogP contribution in [0.15, 0.2) is 24.9 Å². The van der Waals surface area contributed by atoms with Crippen molar-refractivity contribution in [3.05, 3.63) is 34.8 Å². The van der Waals surface area contributed by atoms with Gasteiger partial charge in [0, 0.05) is 23.5 Å². The van der Waals surface area contributed by atoms with E-state index in [4.69, 9.17) is 0 Å². The number of hydrogen-bond donors (Lipinski definition) is 2. The molecule has 3 rings (SSSR count). The van der Waals surface area contributed by atoms with Gasteiger partial charge in [0.2, 0.25) is 0 Å². The van der Waals surface area contributed by atoms with Gasteiger partial charge in [0.05, 0.1) is 23.9 Å². The Morgan fingerprint density at radius 3 is 2.91 bits per heavy atom. The SMILES string of the molecule is Cc1cnc(C(C)(C)NC(=O)N[C@@H]2CCC[C@H]2n2ccnc2)s1. The van der Waals surface area contributed by atoms with Gasteiger partial charge >= 0.3 is 6.03 Å². The fourth-order valence-electron chi connectivity index (χ4n) is 3.12. The maximum Gasteiger partial charge on any atom is 0.315 e. The molecule has 0 saturated heterocycles. The van der Waals surface area contributed by atoms with E-state index in [-0.39, 0.29) is 18.1 Å². The lowest BCUT2D eigenvalue weighted by Gasteiger charge is -2.27. The smallest absolute Gasteiger partial charge is 0.315 e. The minimum atomic E-state index is -0.480. The number of nitrogens with one attached hydrogen (secondary N) is 2. The zero-order chi connectivity index (χ0) is 16.4. The summed E-state index contributed by atoms with van der Waals surface area (Å²) in [5, 5.41) is 7.10. The van der Waals surface area contributed by atoms with E-state index < -0.39 is 5.54 Å². The van der Waals surface area contributed by atoms with E-state index in [1.165, 1.54) is 0 Å². The number of carbonyl (C=O) groups is 1. The molecule has 0 aromatic carbocycles. The number of urea groups is 1. The lowest BCUT2D eigenvalue weighted by Crippen LogP contribution is -2.50. The minimum Gasteiger partial charge on any atom is -0.333 e. The van der Waals surface area contributed by atoms with E-state index in [0.29, 0.717) is 0 Å². The molecule has 2 amide bonds. The molecule has 7 heteroatoms. The molecule has 6 nitrogen and oxygen atoms in total. The molecule has 0 bridgehead atoms. The number of rotatable bonds is 4. The van der Waals surface area contributed by atoms with E-state index in [2.05, 4.69) is 25.2 Å². The molecule has 1 aliphatic carbocycles. The van der Waals surface area contributed by atoms with Crippen LogP contribution in [0.2, 0.25) is 0 Å². The van der Waals surface area contributed by atoms with Crippen molar-refractivity contribution in [3.63, 3.8) is 0 Å². The van der Waals surface area contributed by atoms with Gasteiger partial charge in [-0.2, -0.15) is 0 Å². The van der Waals surface area contributed by atoms with Crippen LogP contribution >= 0.6 is 11.3 Å². The summed E-state index contributed by atoms with van der Waals surface area (Å²) in [4.78, 5) is 22.1. The third-order valence-corrected chi connectivity index (χ3v) is 5.52. The highest BCUT2D eigenvalue weighted by Crippen LogP contribution is 2.30. The van der Waals surface area contributed by atoms with Crippen molar-refractivity contribution >= 4 is 17.4 Å². The number of amides is 2. The number of carbonyl (C=O) groups excluding carboxylic acids is 1. The maximum absolute atomic E-state index is 12.4. The van der Waals surface area contributed by atoms with E-state index in [1.54, 1.807) is 17.5 Å². The second kappa shape index (κ2) is 6.31. The molecule has 124 valence electrons. The molecular formula is C16H23N5OS. The number of aryl methyl sites for hydroxylation is 1. The average Bonchev–Trinajstić information content (AvgIpc) is 3.17. The first kappa shape index (κ1) is 16.0. The van der Waals surface area contributed by atoms with Crippen LogP contribution < -0.4 is 10.6 Å². The number of nitrogens with zero attached hydrogens (tertiary/aromatic N) is 3. The van der Waals surface area contributed by atoms with E-state index in [1.807, 2.05) is 39.5 Å². The Morgan fingerprint density at radius 1 is 1.43 bits per heavy atom. The lowest BCUT2D eigenvalue weighted by atomic mass is 10.1. The number of hydrogen-bond acceptors (Lipinski definition) is 4. The van der Waals surface area contributed by atoms with Gasteiger partial charge in [-0.05, 0) is 40.0 Å². The minimum absolute atomic E-state index is 0.137. The van der Waals surface area contributed by atoms with Crippen LogP contribution in [-0.4, -0.2) is 26.6 Å². The third kappa shape index (κ3) is 3.55. The molecule has 2 heterocycles. The molecule has 23 heavy (non-hydrogen) atoms. The molecule has 2 N–H and O–H groups in total. The normalized spacial score (nSPS) is 21.3. The second-order valence-electron chi connectivity index (χ2n) is 6.61. The molecule has 1 saturated carbocycles. The van der Waals surface area contributed by atoms with Crippen LogP contribution in [0.4, 0.5) is 4.79 Å². The van der Waals surface area contributed by atoms with Crippen molar-refractivity contribution in [3.8, 4) is 0 Å². The van der Waals surface area contributed by atoms with Crippen molar-refractivity contribution in [1.82, 2.24) is 25.2 Å². The summed E-state index contributed by atoms with van der Waals surface area (Å²) in [6.45, 7) is 5.98. The monoisotopic (exact) mass is 333 g/mol. The van der Waals surface area contributed by atoms with Gasteiger partial charge in [0.15, 0.2) is 0 Å². The zero-order valence-electron chi connectivity index (χ0n) is 13.7. The fourth-order valence-corrected chi connectivity index (χ4v) is 3.94. The maximum atomic E-state index is 12.4. The molecule has 2 aromatic heterocycles. The number of thiazole rings is 1. The standard InChI is InChI=1S/C16H23N5OS/c1-11-9-18-14(23-11)16(2,3)20-15(22)19-12-5-4-6-13(12)21-8-7-17-10-21/h7-10,12-13H,4-6H2,1-3H3,(H2,19,20,22)/t12-,13-/m1/s1. The Labute approximate surface area is 140 Å². The van der Waals surface area contributed by atoms with Gasteiger partial charge in [-0.25, -0.2) is 14.8 Å². The summed E-state index contributed by atoms with van der Waals surface area (Å²) in [5.41, 5.74) is -0.480. The first-order valence-corrected chi connectivity index (χ1v) is 8.76. The van der Waals surface area contributed by atoms with E-state index in [9.17, 15) is 4.79 Å². The molecule has 0 unspecified atom stereocenters. The Hall–Kier alpha value is -1.89. The molecule has 2 aromatic rings. The average molecular weight is 333 g/mol. The first-order chi connectivity index (χ1) is 11.0. The largest absolute Gasteiger partial charge is 0.333 e. The summed E-state index contributed by atoms with van der Waals surface area (Å²) in [5.74, 6) is 0. The van der Waals surface area contributed by atoms with Crippen molar-refractivity contribution in [2.24, 2.45) is 0 Å². The zero-order valence-corrected chi connectivity index (χ0v) is 14.6. The van der Waals surface area contributed by atoms with Crippen molar-refractivity contribution in [2.45, 2.75) is 57.7 Å². The van der Waals surface area contributed by atoms with E-state index >= 15 is 0 Å². The van der Waals surface area contributed by atoms with Crippen molar-refractivity contribution < 1.29 is 4.79 Å². The highest BCUT2D eigenvalue weighted by Gasteiger charge is 2.32. The summed E-state index contributed by atoms with van der Waals surface area (Å²) in [7, 11) is 0. The molecule has 2 atom stereocenters. The number of imidazole rings is 1.